The topological polar surface area (TPSA) is 78.3 Å². The van der Waals surface area contributed by atoms with Gasteiger partial charge >= 0.3 is 5.97 Å². The molecule has 98 valence electrons. The zero-order chi connectivity index (χ0) is 12.8. The molecular weight excluding hydrogens is 252 g/mol. The van der Waals surface area contributed by atoms with Crippen LogP contribution in [-0.4, -0.2) is 63.6 Å². The minimum atomic E-state index is -1.03. The Bertz CT molecular complexity index is 410. The lowest BCUT2D eigenvalue weighted by Crippen LogP contribution is -2.36. The molecule has 1 aliphatic heterocycles. The Hall–Kier alpha value is -1.34. The maximum atomic E-state index is 10.7. The zero-order valence-corrected chi connectivity index (χ0v) is 10.8. The largest absolute Gasteiger partial charge is 0.477 e. The third kappa shape index (κ3) is 3.85. The number of carboxylic acid groups (broad SMARTS) is 1. The fraction of sp³-hybridized carbons (Fsp3) is 0.545. The van der Waals surface area contributed by atoms with Gasteiger partial charge < -0.3 is 10.4 Å². The molecule has 0 radical (unpaired) electrons. The summed E-state index contributed by atoms with van der Waals surface area (Å²) in [5.41, 5.74) is 0.0156. The second-order valence-electron chi connectivity index (χ2n) is 3.95. The number of aromatic nitrogens is 2. The van der Waals surface area contributed by atoms with E-state index in [2.05, 4.69) is 20.2 Å². The summed E-state index contributed by atoms with van der Waals surface area (Å²) in [5, 5.41) is 11.9. The van der Waals surface area contributed by atoms with E-state index in [-0.39, 0.29) is 5.69 Å². The molecule has 7 heteroatoms. The van der Waals surface area contributed by atoms with Crippen molar-refractivity contribution in [2.75, 3.05) is 43.0 Å². The second-order valence-corrected chi connectivity index (χ2v) is 5.18. The maximum Gasteiger partial charge on any atom is 0.354 e. The van der Waals surface area contributed by atoms with Gasteiger partial charge in [0.25, 0.3) is 0 Å². The normalized spacial score (nSPS) is 16.4. The van der Waals surface area contributed by atoms with E-state index >= 15 is 0 Å². The molecule has 0 amide bonds. The van der Waals surface area contributed by atoms with E-state index in [4.69, 9.17) is 5.11 Å². The number of rotatable bonds is 5. The quantitative estimate of drug-likeness (QED) is 0.811. The van der Waals surface area contributed by atoms with E-state index in [9.17, 15) is 4.79 Å². The van der Waals surface area contributed by atoms with Crippen molar-refractivity contribution in [2.45, 2.75) is 0 Å². The number of hydrogen-bond donors (Lipinski definition) is 2. The molecule has 2 N–H and O–H groups in total. The molecule has 6 nitrogen and oxygen atoms in total. The average molecular weight is 268 g/mol. The van der Waals surface area contributed by atoms with Crippen LogP contribution >= 0.6 is 11.8 Å². The third-order valence-corrected chi connectivity index (χ3v) is 3.63. The summed E-state index contributed by atoms with van der Waals surface area (Å²) >= 11 is 1.98. The highest BCUT2D eigenvalue weighted by Gasteiger charge is 2.10. The van der Waals surface area contributed by atoms with Crippen LogP contribution < -0.4 is 5.32 Å². The molecule has 0 unspecified atom stereocenters. The molecule has 18 heavy (non-hydrogen) atoms. The van der Waals surface area contributed by atoms with Crippen molar-refractivity contribution >= 4 is 23.7 Å². The SMILES string of the molecule is O=C(O)c1ccnc(NCCN2CCSCC2)n1. The van der Waals surface area contributed by atoms with Crippen LogP contribution in [0.25, 0.3) is 0 Å². The molecule has 0 aliphatic carbocycles. The molecule has 0 bridgehead atoms. The van der Waals surface area contributed by atoms with E-state index in [1.54, 1.807) is 0 Å². The molecule has 1 aliphatic rings. The molecule has 2 rings (SSSR count). The van der Waals surface area contributed by atoms with Gasteiger partial charge in [0.05, 0.1) is 0 Å². The number of nitrogens with one attached hydrogen (secondary N) is 1. The molecule has 1 aromatic heterocycles. The predicted molar refractivity (Wildman–Crippen MR) is 71.2 cm³/mol. The van der Waals surface area contributed by atoms with Crippen molar-refractivity contribution in [1.29, 1.82) is 0 Å². The molecule has 1 saturated heterocycles. The summed E-state index contributed by atoms with van der Waals surface area (Å²) in [6.45, 7) is 3.89. The highest BCUT2D eigenvalue weighted by atomic mass is 32.2. The Labute approximate surface area is 110 Å². The fourth-order valence-electron chi connectivity index (χ4n) is 1.71. The monoisotopic (exact) mass is 268 g/mol. The Morgan fingerprint density at radius 1 is 1.50 bits per heavy atom. The number of anilines is 1. The van der Waals surface area contributed by atoms with Crippen molar-refractivity contribution in [2.24, 2.45) is 0 Å². The summed E-state index contributed by atoms with van der Waals surface area (Å²) in [6, 6.07) is 1.38. The lowest BCUT2D eigenvalue weighted by Gasteiger charge is -2.25. The van der Waals surface area contributed by atoms with Crippen LogP contribution in [-0.2, 0) is 0 Å². The number of nitrogens with zero attached hydrogens (tertiary/aromatic N) is 3. The number of thioether (sulfide) groups is 1. The van der Waals surface area contributed by atoms with E-state index in [1.807, 2.05) is 11.8 Å². The number of carbonyl (C=O) groups is 1. The summed E-state index contributed by atoms with van der Waals surface area (Å²) < 4.78 is 0. The van der Waals surface area contributed by atoms with Crippen LogP contribution in [0.2, 0.25) is 0 Å². The first-order chi connectivity index (χ1) is 8.75. The van der Waals surface area contributed by atoms with Gasteiger partial charge in [-0.05, 0) is 6.07 Å². The van der Waals surface area contributed by atoms with Crippen molar-refractivity contribution in [3.8, 4) is 0 Å². The van der Waals surface area contributed by atoms with E-state index in [0.717, 1.165) is 26.2 Å². The molecule has 0 aromatic carbocycles. The van der Waals surface area contributed by atoms with Crippen LogP contribution in [0.3, 0.4) is 0 Å². The summed E-state index contributed by atoms with van der Waals surface area (Å²) in [7, 11) is 0. The minimum absolute atomic E-state index is 0.0156. The van der Waals surface area contributed by atoms with Crippen LogP contribution in [0.4, 0.5) is 5.95 Å². The predicted octanol–water partition coefficient (Wildman–Crippen LogP) is 0.635. The van der Waals surface area contributed by atoms with Crippen molar-refractivity contribution in [1.82, 2.24) is 14.9 Å². The van der Waals surface area contributed by atoms with E-state index < -0.39 is 5.97 Å². The highest BCUT2D eigenvalue weighted by molar-refractivity contribution is 7.99. The lowest BCUT2D eigenvalue weighted by molar-refractivity contribution is 0.0690. The minimum Gasteiger partial charge on any atom is -0.477 e. The zero-order valence-electron chi connectivity index (χ0n) is 10.0. The Balaban J connectivity index is 1.78. The smallest absolute Gasteiger partial charge is 0.354 e. The van der Waals surface area contributed by atoms with Crippen LogP contribution in [0.5, 0.6) is 0 Å². The summed E-state index contributed by atoms with van der Waals surface area (Å²) in [5.74, 6) is 1.71. The number of hydrogen-bond acceptors (Lipinski definition) is 6. The number of carboxylic acids is 1. The van der Waals surface area contributed by atoms with Gasteiger partial charge in [-0.1, -0.05) is 0 Å². The summed E-state index contributed by atoms with van der Waals surface area (Å²) in [6.07, 6.45) is 1.45. The van der Waals surface area contributed by atoms with Gasteiger partial charge in [0.1, 0.15) is 0 Å². The van der Waals surface area contributed by atoms with Gasteiger partial charge in [-0.25, -0.2) is 14.8 Å². The Morgan fingerprint density at radius 2 is 2.28 bits per heavy atom. The lowest BCUT2D eigenvalue weighted by atomic mass is 10.4. The van der Waals surface area contributed by atoms with Crippen LogP contribution in [0.15, 0.2) is 12.3 Å². The molecule has 0 spiro atoms. The first kappa shape index (κ1) is 13.1. The van der Waals surface area contributed by atoms with Gasteiger partial charge in [0.2, 0.25) is 5.95 Å². The van der Waals surface area contributed by atoms with Gasteiger partial charge in [-0.2, -0.15) is 11.8 Å². The standard InChI is InChI=1S/C11H16N4O2S/c16-10(17)9-1-2-12-11(14-9)13-3-4-15-5-7-18-8-6-15/h1-2H,3-8H2,(H,16,17)(H,12,13,14). The van der Waals surface area contributed by atoms with E-state index in [0.29, 0.717) is 5.95 Å². The Morgan fingerprint density at radius 3 is 3.00 bits per heavy atom. The molecule has 1 aromatic rings. The van der Waals surface area contributed by atoms with Gasteiger partial charge in [-0.3, -0.25) is 4.90 Å². The van der Waals surface area contributed by atoms with Crippen molar-refractivity contribution in [3.63, 3.8) is 0 Å². The Kier molecular flexibility index (Phi) is 4.77. The van der Waals surface area contributed by atoms with Crippen molar-refractivity contribution in [3.05, 3.63) is 18.0 Å². The van der Waals surface area contributed by atoms with Gasteiger partial charge in [0.15, 0.2) is 5.69 Å². The fourth-order valence-corrected chi connectivity index (χ4v) is 2.69. The third-order valence-electron chi connectivity index (χ3n) is 2.69. The van der Waals surface area contributed by atoms with E-state index in [1.165, 1.54) is 23.8 Å². The molecule has 2 heterocycles. The van der Waals surface area contributed by atoms with Crippen LogP contribution in [0.1, 0.15) is 10.5 Å². The van der Waals surface area contributed by atoms with Gasteiger partial charge in [0, 0.05) is 43.9 Å². The first-order valence-electron chi connectivity index (χ1n) is 5.86. The molecule has 0 saturated carbocycles. The van der Waals surface area contributed by atoms with Crippen molar-refractivity contribution < 1.29 is 9.90 Å². The molecular formula is C11H16N4O2S. The highest BCUT2D eigenvalue weighted by Crippen LogP contribution is 2.08. The maximum absolute atomic E-state index is 10.7. The van der Waals surface area contributed by atoms with Gasteiger partial charge in [-0.15, -0.1) is 0 Å². The van der Waals surface area contributed by atoms with Crippen LogP contribution in [0, 0.1) is 0 Å². The summed E-state index contributed by atoms with van der Waals surface area (Å²) in [4.78, 5) is 21.0. The second kappa shape index (κ2) is 6.55. The average Bonchev–Trinajstić information content (AvgIpc) is 2.40. The molecule has 1 fully saturated rings. The number of aromatic carboxylic acids is 1. The first-order valence-corrected chi connectivity index (χ1v) is 7.01. The molecule has 0 atom stereocenters.